The van der Waals surface area contributed by atoms with Crippen molar-refractivity contribution in [2.24, 2.45) is 12.0 Å². The van der Waals surface area contributed by atoms with Gasteiger partial charge in [-0.1, -0.05) is 19.9 Å². The van der Waals surface area contributed by atoms with Gasteiger partial charge in [0.1, 0.15) is 31.9 Å². The van der Waals surface area contributed by atoms with Gasteiger partial charge in [-0.15, -0.1) is 0 Å². The lowest BCUT2D eigenvalue weighted by Gasteiger charge is -2.28. The van der Waals surface area contributed by atoms with Gasteiger partial charge >= 0.3 is 0 Å². The van der Waals surface area contributed by atoms with Gasteiger partial charge in [0.15, 0.2) is 17.5 Å². The molecule has 0 saturated carbocycles. The molecule has 2 heterocycles. The van der Waals surface area contributed by atoms with Gasteiger partial charge in [-0.2, -0.15) is 5.10 Å². The van der Waals surface area contributed by atoms with Crippen LogP contribution in [-0.2, 0) is 19.0 Å². The molecule has 0 saturated heterocycles. The highest BCUT2D eigenvalue weighted by Gasteiger charge is 2.24. The van der Waals surface area contributed by atoms with Crippen LogP contribution in [0, 0.1) is 0 Å². The molecule has 0 atom stereocenters. The average Bonchev–Trinajstić information content (AvgIpc) is 3.08. The van der Waals surface area contributed by atoms with Gasteiger partial charge in [-0.25, -0.2) is 9.98 Å². The second kappa shape index (κ2) is 8.28. The van der Waals surface area contributed by atoms with Crippen LogP contribution < -0.4 is 20.1 Å². The number of aryl methyl sites for hydroxylation is 1. The lowest BCUT2D eigenvalue weighted by Crippen LogP contribution is -2.43. The van der Waals surface area contributed by atoms with E-state index in [2.05, 4.69) is 51.7 Å². The summed E-state index contributed by atoms with van der Waals surface area (Å²) < 4.78 is 13.1. The SMILES string of the molecule is CCNC(=NCc1ncnn1C)NCC(C)(C)c1ccc2c(c1)OCCO2. The second-order valence-corrected chi connectivity index (χ2v) is 7.09. The lowest BCUT2D eigenvalue weighted by atomic mass is 9.84. The number of ether oxygens (including phenoxy) is 2. The Labute approximate surface area is 160 Å². The van der Waals surface area contributed by atoms with Crippen LogP contribution in [0.5, 0.6) is 11.5 Å². The van der Waals surface area contributed by atoms with Crippen LogP contribution in [-0.4, -0.2) is 47.0 Å². The number of aliphatic imine (C=N–C) groups is 1. The molecule has 1 aromatic carbocycles. The molecule has 2 N–H and O–H groups in total. The Hall–Kier alpha value is -2.77. The predicted octanol–water partition coefficient (Wildman–Crippen LogP) is 1.62. The first kappa shape index (κ1) is 19.0. The maximum Gasteiger partial charge on any atom is 0.191 e. The van der Waals surface area contributed by atoms with Gasteiger partial charge < -0.3 is 20.1 Å². The summed E-state index contributed by atoms with van der Waals surface area (Å²) in [7, 11) is 1.86. The van der Waals surface area contributed by atoms with E-state index in [0.29, 0.717) is 19.8 Å². The molecular weight excluding hydrogens is 344 g/mol. The summed E-state index contributed by atoms with van der Waals surface area (Å²) in [6.45, 7) is 9.60. The first-order valence-corrected chi connectivity index (χ1v) is 9.25. The molecule has 8 nitrogen and oxygen atoms in total. The molecule has 1 aliphatic heterocycles. The minimum absolute atomic E-state index is 0.114. The van der Waals surface area contributed by atoms with Crippen LogP contribution >= 0.6 is 0 Å². The molecule has 1 aliphatic rings. The standard InChI is InChI=1S/C19H28N6O2/c1-5-20-18(21-11-17-23-13-24-25(17)4)22-12-19(2,3)14-6-7-15-16(10-14)27-9-8-26-15/h6-7,10,13H,5,8-9,11-12H2,1-4H3,(H2,20,21,22). The van der Waals surface area contributed by atoms with E-state index >= 15 is 0 Å². The number of fused-ring (bicyclic) bond motifs is 1. The fraction of sp³-hybridized carbons (Fsp3) is 0.526. The van der Waals surface area contributed by atoms with E-state index in [1.165, 1.54) is 11.9 Å². The minimum Gasteiger partial charge on any atom is -0.486 e. The molecule has 8 heteroatoms. The van der Waals surface area contributed by atoms with Gasteiger partial charge in [0.25, 0.3) is 0 Å². The van der Waals surface area contributed by atoms with Gasteiger partial charge in [-0.3, -0.25) is 4.68 Å². The first-order valence-electron chi connectivity index (χ1n) is 9.25. The summed E-state index contributed by atoms with van der Waals surface area (Å²) >= 11 is 0. The molecule has 27 heavy (non-hydrogen) atoms. The van der Waals surface area contributed by atoms with Crippen LogP contribution in [0.2, 0.25) is 0 Å². The summed E-state index contributed by atoms with van der Waals surface area (Å²) in [5, 5.41) is 10.8. The summed E-state index contributed by atoms with van der Waals surface area (Å²) in [5.41, 5.74) is 1.07. The summed E-state index contributed by atoms with van der Waals surface area (Å²) in [4.78, 5) is 8.82. The number of aromatic nitrogens is 3. The normalized spacial score (nSPS) is 14.1. The molecule has 0 unspecified atom stereocenters. The number of guanidine groups is 1. The Bertz CT molecular complexity index is 799. The molecule has 0 amide bonds. The zero-order valence-corrected chi connectivity index (χ0v) is 16.5. The molecule has 2 aromatic rings. The molecule has 0 fully saturated rings. The predicted molar refractivity (Wildman–Crippen MR) is 104 cm³/mol. The van der Waals surface area contributed by atoms with Crippen LogP contribution in [0.4, 0.5) is 0 Å². The Morgan fingerprint density at radius 1 is 1.22 bits per heavy atom. The number of nitrogens with zero attached hydrogens (tertiary/aromatic N) is 4. The number of rotatable bonds is 6. The zero-order valence-electron chi connectivity index (χ0n) is 16.5. The first-order chi connectivity index (χ1) is 13.0. The third-order valence-corrected chi connectivity index (χ3v) is 4.55. The largest absolute Gasteiger partial charge is 0.486 e. The van der Waals surface area contributed by atoms with Gasteiger partial charge in [0.05, 0.1) is 0 Å². The average molecular weight is 372 g/mol. The smallest absolute Gasteiger partial charge is 0.191 e. The highest BCUT2D eigenvalue weighted by molar-refractivity contribution is 5.79. The van der Waals surface area contributed by atoms with E-state index in [-0.39, 0.29) is 5.41 Å². The molecule has 0 spiro atoms. The van der Waals surface area contributed by atoms with Crippen LogP contribution in [0.3, 0.4) is 0 Å². The maximum atomic E-state index is 5.72. The van der Waals surface area contributed by atoms with Gasteiger partial charge in [0, 0.05) is 25.6 Å². The maximum absolute atomic E-state index is 5.72. The number of nitrogens with one attached hydrogen (secondary N) is 2. The fourth-order valence-electron chi connectivity index (χ4n) is 2.83. The molecule has 0 radical (unpaired) electrons. The minimum atomic E-state index is -0.114. The lowest BCUT2D eigenvalue weighted by molar-refractivity contribution is 0.171. The van der Waals surface area contributed by atoms with Crippen molar-refractivity contribution in [3.8, 4) is 11.5 Å². The molecule has 0 bridgehead atoms. The van der Waals surface area contributed by atoms with Crippen LogP contribution in [0.1, 0.15) is 32.2 Å². The van der Waals surface area contributed by atoms with Gasteiger partial charge in [-0.05, 0) is 24.6 Å². The highest BCUT2D eigenvalue weighted by atomic mass is 16.6. The third kappa shape index (κ3) is 4.69. The monoisotopic (exact) mass is 372 g/mol. The van der Waals surface area contributed by atoms with Crippen molar-refractivity contribution in [2.45, 2.75) is 32.7 Å². The van der Waals surface area contributed by atoms with E-state index in [1.54, 1.807) is 4.68 Å². The van der Waals surface area contributed by atoms with Crippen molar-refractivity contribution in [3.05, 3.63) is 35.9 Å². The summed E-state index contributed by atoms with van der Waals surface area (Å²) in [6.07, 6.45) is 1.54. The molecule has 146 valence electrons. The van der Waals surface area contributed by atoms with E-state index in [9.17, 15) is 0 Å². The number of hydrogen-bond acceptors (Lipinski definition) is 5. The topological polar surface area (TPSA) is 85.6 Å². The van der Waals surface area contributed by atoms with Crippen molar-refractivity contribution < 1.29 is 9.47 Å². The van der Waals surface area contributed by atoms with Gasteiger partial charge in [0.2, 0.25) is 0 Å². The fourth-order valence-corrected chi connectivity index (χ4v) is 2.83. The second-order valence-electron chi connectivity index (χ2n) is 7.09. The molecule has 0 aliphatic carbocycles. The van der Waals surface area contributed by atoms with Crippen molar-refractivity contribution in [2.75, 3.05) is 26.3 Å². The van der Waals surface area contributed by atoms with Crippen molar-refractivity contribution >= 4 is 5.96 Å². The summed E-state index contributed by atoms with van der Waals surface area (Å²) in [6, 6.07) is 6.15. The van der Waals surface area contributed by atoms with Crippen LogP contribution in [0.25, 0.3) is 0 Å². The van der Waals surface area contributed by atoms with Crippen molar-refractivity contribution in [1.82, 2.24) is 25.4 Å². The Morgan fingerprint density at radius 2 is 2.00 bits per heavy atom. The van der Waals surface area contributed by atoms with Crippen LogP contribution in [0.15, 0.2) is 29.5 Å². The van der Waals surface area contributed by atoms with E-state index < -0.39 is 0 Å². The Kier molecular flexibility index (Phi) is 5.83. The number of hydrogen-bond donors (Lipinski definition) is 2. The zero-order chi connectivity index (χ0) is 19.3. The van der Waals surface area contributed by atoms with E-state index in [4.69, 9.17) is 9.47 Å². The van der Waals surface area contributed by atoms with E-state index in [0.717, 1.165) is 36.4 Å². The molecular formula is C19H28N6O2. The Morgan fingerprint density at radius 3 is 2.70 bits per heavy atom. The number of benzene rings is 1. The quantitative estimate of drug-likeness (QED) is 0.592. The summed E-state index contributed by atoms with van der Waals surface area (Å²) in [5.74, 6) is 3.20. The highest BCUT2D eigenvalue weighted by Crippen LogP contribution is 2.34. The molecule has 3 rings (SSSR count). The van der Waals surface area contributed by atoms with Crippen molar-refractivity contribution in [1.29, 1.82) is 0 Å². The van der Waals surface area contributed by atoms with E-state index in [1.807, 2.05) is 20.0 Å². The molecule has 1 aromatic heterocycles. The third-order valence-electron chi connectivity index (χ3n) is 4.55. The van der Waals surface area contributed by atoms with Crippen molar-refractivity contribution in [3.63, 3.8) is 0 Å². The Balaban J connectivity index is 1.67.